The van der Waals surface area contributed by atoms with Crippen molar-refractivity contribution in [3.05, 3.63) is 16.1 Å². The summed E-state index contributed by atoms with van der Waals surface area (Å²) < 4.78 is 0. The van der Waals surface area contributed by atoms with Crippen molar-refractivity contribution in [3.63, 3.8) is 0 Å². The van der Waals surface area contributed by atoms with Gasteiger partial charge in [0.05, 0.1) is 0 Å². The molecule has 84 valence electrons. The van der Waals surface area contributed by atoms with Gasteiger partial charge >= 0.3 is 5.97 Å². The van der Waals surface area contributed by atoms with Crippen molar-refractivity contribution in [2.75, 3.05) is 0 Å². The molecule has 1 aromatic heterocycles. The summed E-state index contributed by atoms with van der Waals surface area (Å²) in [6.07, 6.45) is 0. The van der Waals surface area contributed by atoms with Crippen LogP contribution in [0.15, 0.2) is 5.38 Å². The van der Waals surface area contributed by atoms with E-state index >= 15 is 0 Å². The Morgan fingerprint density at radius 2 is 2.33 bits per heavy atom. The quantitative estimate of drug-likeness (QED) is 0.804. The van der Waals surface area contributed by atoms with E-state index in [4.69, 9.17) is 5.11 Å². The van der Waals surface area contributed by atoms with Crippen LogP contribution in [0.5, 0.6) is 0 Å². The summed E-state index contributed by atoms with van der Waals surface area (Å²) in [6.45, 7) is 6.22. The summed E-state index contributed by atoms with van der Waals surface area (Å²) in [5, 5.41) is 14.8. The normalized spacial score (nSPS) is 13.1. The molecule has 0 aliphatic heterocycles. The Bertz CT molecular complexity index is 336. The van der Waals surface area contributed by atoms with Crippen LogP contribution in [-0.2, 0) is 11.3 Å². The molecule has 1 atom stereocenters. The molecule has 2 N–H and O–H groups in total. The lowest BCUT2D eigenvalue weighted by Crippen LogP contribution is -2.40. The van der Waals surface area contributed by atoms with E-state index in [1.807, 2.05) is 26.2 Å². The minimum Gasteiger partial charge on any atom is -0.480 e. The predicted molar refractivity (Wildman–Crippen MR) is 60.0 cm³/mol. The molecule has 1 heterocycles. The molecular weight excluding hydrogens is 212 g/mol. The number of carboxylic acids is 1. The Balaban J connectivity index is 2.50. The molecule has 1 rings (SSSR count). The highest BCUT2D eigenvalue weighted by Gasteiger charge is 2.20. The topological polar surface area (TPSA) is 62.2 Å². The van der Waals surface area contributed by atoms with Gasteiger partial charge in [0.15, 0.2) is 0 Å². The van der Waals surface area contributed by atoms with Crippen LogP contribution >= 0.6 is 11.3 Å². The maximum Gasteiger partial charge on any atom is 0.320 e. The van der Waals surface area contributed by atoms with Crippen molar-refractivity contribution in [1.82, 2.24) is 10.3 Å². The first-order chi connectivity index (χ1) is 7.00. The fraction of sp³-hybridized carbons (Fsp3) is 0.600. The van der Waals surface area contributed by atoms with E-state index in [2.05, 4.69) is 10.3 Å². The van der Waals surface area contributed by atoms with Gasteiger partial charge < -0.3 is 5.11 Å². The summed E-state index contributed by atoms with van der Waals surface area (Å²) in [7, 11) is 0. The lowest BCUT2D eigenvalue weighted by Gasteiger charge is -2.16. The summed E-state index contributed by atoms with van der Waals surface area (Å²) in [5.41, 5.74) is 0.980. The maximum absolute atomic E-state index is 10.9. The molecule has 1 unspecified atom stereocenters. The number of carbonyl (C=O) groups is 1. The van der Waals surface area contributed by atoms with Crippen molar-refractivity contribution in [2.24, 2.45) is 5.92 Å². The predicted octanol–water partition coefficient (Wildman–Crippen LogP) is 1.65. The molecule has 0 saturated carbocycles. The molecule has 0 saturated heterocycles. The first-order valence-electron chi connectivity index (χ1n) is 4.88. The number of thiazole rings is 1. The molecule has 0 aliphatic rings. The van der Waals surface area contributed by atoms with Crippen molar-refractivity contribution >= 4 is 17.3 Å². The van der Waals surface area contributed by atoms with E-state index < -0.39 is 12.0 Å². The number of rotatable bonds is 5. The Labute approximate surface area is 93.4 Å². The standard InChI is InChI=1S/C10H16N2O2S/c1-6(2)9(10(13)14)11-4-8-12-7(3)5-15-8/h5-6,9,11H,4H2,1-3H3,(H,13,14). The van der Waals surface area contributed by atoms with Gasteiger partial charge in [0, 0.05) is 17.6 Å². The van der Waals surface area contributed by atoms with Gasteiger partial charge in [0.25, 0.3) is 0 Å². The molecule has 0 aliphatic carbocycles. The van der Waals surface area contributed by atoms with E-state index in [0.717, 1.165) is 10.7 Å². The van der Waals surface area contributed by atoms with Crippen LogP contribution in [0.2, 0.25) is 0 Å². The minimum atomic E-state index is -0.807. The minimum absolute atomic E-state index is 0.0727. The smallest absolute Gasteiger partial charge is 0.320 e. The Hall–Kier alpha value is -0.940. The number of aliphatic carboxylic acids is 1. The van der Waals surface area contributed by atoms with Crippen molar-refractivity contribution < 1.29 is 9.90 Å². The Kier molecular flexibility index (Phi) is 4.23. The zero-order chi connectivity index (χ0) is 11.4. The number of aromatic nitrogens is 1. The van der Waals surface area contributed by atoms with Crippen molar-refractivity contribution in [3.8, 4) is 0 Å². The first kappa shape index (κ1) is 12.1. The third-order valence-electron chi connectivity index (χ3n) is 2.07. The average molecular weight is 228 g/mol. The van der Waals surface area contributed by atoms with Gasteiger partial charge in [-0.2, -0.15) is 0 Å². The van der Waals surface area contributed by atoms with E-state index in [1.54, 1.807) is 11.3 Å². The molecule has 0 amide bonds. The molecule has 0 aromatic carbocycles. The number of nitrogens with one attached hydrogen (secondary N) is 1. The highest BCUT2D eigenvalue weighted by Crippen LogP contribution is 2.09. The number of nitrogens with zero attached hydrogens (tertiary/aromatic N) is 1. The van der Waals surface area contributed by atoms with Gasteiger partial charge in [0.1, 0.15) is 11.0 Å². The van der Waals surface area contributed by atoms with Gasteiger partial charge in [-0.15, -0.1) is 11.3 Å². The summed E-state index contributed by atoms with van der Waals surface area (Å²) >= 11 is 1.55. The Morgan fingerprint density at radius 1 is 1.67 bits per heavy atom. The second kappa shape index (κ2) is 5.23. The van der Waals surface area contributed by atoms with Crippen molar-refractivity contribution in [2.45, 2.75) is 33.4 Å². The molecule has 0 radical (unpaired) electrons. The van der Waals surface area contributed by atoms with E-state index in [-0.39, 0.29) is 5.92 Å². The van der Waals surface area contributed by atoms with Crippen LogP contribution in [0.3, 0.4) is 0 Å². The molecular formula is C10H16N2O2S. The van der Waals surface area contributed by atoms with Crippen molar-refractivity contribution in [1.29, 1.82) is 0 Å². The van der Waals surface area contributed by atoms with E-state index in [9.17, 15) is 4.79 Å². The number of carboxylic acid groups (broad SMARTS) is 1. The monoisotopic (exact) mass is 228 g/mol. The number of hydrogen-bond donors (Lipinski definition) is 2. The Morgan fingerprint density at radius 3 is 2.73 bits per heavy atom. The van der Waals surface area contributed by atoms with Gasteiger partial charge in [-0.05, 0) is 12.8 Å². The molecule has 5 heteroatoms. The summed E-state index contributed by atoms with van der Waals surface area (Å²) in [6, 6.07) is -0.505. The van der Waals surface area contributed by atoms with E-state index in [0.29, 0.717) is 6.54 Å². The molecule has 0 fully saturated rings. The van der Waals surface area contributed by atoms with Crippen LogP contribution in [0.4, 0.5) is 0 Å². The lowest BCUT2D eigenvalue weighted by atomic mass is 10.1. The fourth-order valence-corrected chi connectivity index (χ4v) is 2.01. The maximum atomic E-state index is 10.9. The van der Waals surface area contributed by atoms with Gasteiger partial charge in [0.2, 0.25) is 0 Å². The summed E-state index contributed by atoms with van der Waals surface area (Å²) in [4.78, 5) is 15.2. The molecule has 0 bridgehead atoms. The van der Waals surface area contributed by atoms with Crippen LogP contribution in [0.1, 0.15) is 24.5 Å². The molecule has 15 heavy (non-hydrogen) atoms. The first-order valence-corrected chi connectivity index (χ1v) is 5.76. The third kappa shape index (κ3) is 3.60. The van der Waals surface area contributed by atoms with E-state index in [1.165, 1.54) is 0 Å². The molecule has 4 nitrogen and oxygen atoms in total. The second-order valence-corrected chi connectivity index (χ2v) is 4.77. The average Bonchev–Trinajstić information content (AvgIpc) is 2.50. The molecule has 0 spiro atoms. The molecule has 1 aromatic rings. The summed E-state index contributed by atoms with van der Waals surface area (Å²) in [5.74, 6) is -0.734. The van der Waals surface area contributed by atoms with Crippen LogP contribution in [0.25, 0.3) is 0 Å². The zero-order valence-corrected chi connectivity index (χ0v) is 9.97. The lowest BCUT2D eigenvalue weighted by molar-refractivity contribution is -0.140. The van der Waals surface area contributed by atoms with Crippen LogP contribution < -0.4 is 5.32 Å². The zero-order valence-electron chi connectivity index (χ0n) is 9.15. The van der Waals surface area contributed by atoms with Crippen LogP contribution in [0, 0.1) is 12.8 Å². The fourth-order valence-electron chi connectivity index (χ4n) is 1.29. The SMILES string of the molecule is Cc1csc(CNC(C(=O)O)C(C)C)n1. The van der Waals surface area contributed by atoms with Gasteiger partial charge in [-0.25, -0.2) is 4.98 Å². The third-order valence-corrected chi connectivity index (χ3v) is 3.04. The number of aryl methyl sites for hydroxylation is 1. The van der Waals surface area contributed by atoms with Gasteiger partial charge in [-0.1, -0.05) is 13.8 Å². The van der Waals surface area contributed by atoms with Gasteiger partial charge in [-0.3, -0.25) is 10.1 Å². The highest BCUT2D eigenvalue weighted by molar-refractivity contribution is 7.09. The van der Waals surface area contributed by atoms with Crippen LogP contribution in [-0.4, -0.2) is 22.1 Å². The second-order valence-electron chi connectivity index (χ2n) is 3.82. The highest BCUT2D eigenvalue weighted by atomic mass is 32.1. The largest absolute Gasteiger partial charge is 0.480 e. The number of hydrogen-bond acceptors (Lipinski definition) is 4.